The second kappa shape index (κ2) is 7.01. The van der Waals surface area contributed by atoms with Crippen LogP contribution in [0.25, 0.3) is 0 Å². The number of rotatable bonds is 7. The van der Waals surface area contributed by atoms with Gasteiger partial charge in [-0.15, -0.1) is 0 Å². The maximum Gasteiger partial charge on any atom is 0.158 e. The molecule has 4 heteroatoms. The molecule has 0 saturated carbocycles. The number of hydrogen-bond donors (Lipinski definition) is 1. The van der Waals surface area contributed by atoms with E-state index in [9.17, 15) is 5.11 Å². The van der Waals surface area contributed by atoms with Crippen LogP contribution >= 0.6 is 0 Å². The van der Waals surface area contributed by atoms with Crippen LogP contribution in [0.1, 0.15) is 24.8 Å². The van der Waals surface area contributed by atoms with Gasteiger partial charge in [0, 0.05) is 26.6 Å². The molecule has 0 bridgehead atoms. The number of hydrogen-bond acceptors (Lipinski definition) is 4. The molecule has 0 spiro atoms. The van der Waals surface area contributed by atoms with E-state index in [0.29, 0.717) is 19.6 Å². The van der Waals surface area contributed by atoms with Crippen molar-refractivity contribution in [3.63, 3.8) is 0 Å². The monoisotopic (exact) mass is 266 g/mol. The molecule has 1 N–H and O–H groups in total. The summed E-state index contributed by atoms with van der Waals surface area (Å²) in [7, 11) is 1.64. The fraction of sp³-hybridized carbons (Fsp3) is 0.600. The van der Waals surface area contributed by atoms with E-state index >= 15 is 0 Å². The molecule has 1 heterocycles. The van der Waals surface area contributed by atoms with Crippen molar-refractivity contribution in [2.24, 2.45) is 0 Å². The highest BCUT2D eigenvalue weighted by Crippen LogP contribution is 2.34. The average Bonchev–Trinajstić information content (AvgIpc) is 2.84. The molecule has 1 aromatic rings. The lowest BCUT2D eigenvalue weighted by Gasteiger charge is -2.28. The third-order valence-corrected chi connectivity index (χ3v) is 3.52. The minimum atomic E-state index is -0.399. The molecule has 1 aliphatic rings. The van der Waals surface area contributed by atoms with E-state index in [-0.39, 0.29) is 12.9 Å². The SMILES string of the molecule is CO[C@@H]1CC[C@@](CCO)(COCc2ccccc2)O1. The quantitative estimate of drug-likeness (QED) is 0.821. The molecule has 0 aliphatic carbocycles. The summed E-state index contributed by atoms with van der Waals surface area (Å²) in [4.78, 5) is 0. The zero-order chi connectivity index (χ0) is 13.6. The number of aliphatic hydroxyl groups is 1. The Morgan fingerprint density at radius 2 is 2.16 bits per heavy atom. The number of benzene rings is 1. The largest absolute Gasteiger partial charge is 0.396 e. The lowest BCUT2D eigenvalue weighted by Crippen LogP contribution is -2.36. The third-order valence-electron chi connectivity index (χ3n) is 3.52. The van der Waals surface area contributed by atoms with Crippen LogP contribution in [0, 0.1) is 0 Å². The summed E-state index contributed by atoms with van der Waals surface area (Å²) in [5, 5.41) is 9.19. The van der Waals surface area contributed by atoms with Crippen molar-refractivity contribution in [3.8, 4) is 0 Å². The molecule has 1 aliphatic heterocycles. The molecular weight excluding hydrogens is 244 g/mol. The van der Waals surface area contributed by atoms with Gasteiger partial charge in [0.2, 0.25) is 0 Å². The van der Waals surface area contributed by atoms with Crippen molar-refractivity contribution in [1.82, 2.24) is 0 Å². The summed E-state index contributed by atoms with van der Waals surface area (Å²) in [5.41, 5.74) is 0.743. The lowest BCUT2D eigenvalue weighted by atomic mass is 9.97. The van der Waals surface area contributed by atoms with Gasteiger partial charge in [-0.3, -0.25) is 0 Å². The van der Waals surface area contributed by atoms with Crippen LogP contribution in [0.3, 0.4) is 0 Å². The molecule has 1 fully saturated rings. The first-order valence-corrected chi connectivity index (χ1v) is 6.71. The molecule has 2 rings (SSSR count). The van der Waals surface area contributed by atoms with Crippen LogP contribution in [-0.4, -0.2) is 37.3 Å². The van der Waals surface area contributed by atoms with E-state index < -0.39 is 5.60 Å². The fourth-order valence-corrected chi connectivity index (χ4v) is 2.44. The van der Waals surface area contributed by atoms with Gasteiger partial charge in [-0.2, -0.15) is 0 Å². The van der Waals surface area contributed by atoms with E-state index in [1.165, 1.54) is 0 Å². The molecule has 106 valence electrons. The highest BCUT2D eigenvalue weighted by Gasteiger charge is 2.40. The van der Waals surface area contributed by atoms with Gasteiger partial charge in [0.25, 0.3) is 0 Å². The van der Waals surface area contributed by atoms with Crippen molar-refractivity contribution < 1.29 is 19.3 Å². The summed E-state index contributed by atoms with van der Waals surface area (Å²) < 4.78 is 16.8. The molecule has 0 unspecified atom stereocenters. The first-order chi connectivity index (χ1) is 9.28. The molecular formula is C15H22O4. The van der Waals surface area contributed by atoms with Crippen molar-refractivity contribution in [2.75, 3.05) is 20.3 Å². The number of ether oxygens (including phenoxy) is 3. The smallest absolute Gasteiger partial charge is 0.158 e. The van der Waals surface area contributed by atoms with Gasteiger partial charge < -0.3 is 19.3 Å². The maximum atomic E-state index is 9.19. The molecule has 2 atom stereocenters. The normalized spacial score (nSPS) is 26.7. The van der Waals surface area contributed by atoms with Crippen LogP contribution in [0.5, 0.6) is 0 Å². The number of methoxy groups -OCH3 is 1. The van der Waals surface area contributed by atoms with E-state index in [0.717, 1.165) is 18.4 Å². The minimum Gasteiger partial charge on any atom is -0.396 e. The van der Waals surface area contributed by atoms with Crippen molar-refractivity contribution in [1.29, 1.82) is 0 Å². The van der Waals surface area contributed by atoms with E-state index in [4.69, 9.17) is 14.2 Å². The van der Waals surface area contributed by atoms with Gasteiger partial charge in [-0.1, -0.05) is 30.3 Å². The molecule has 0 aromatic heterocycles. The van der Waals surface area contributed by atoms with E-state index in [2.05, 4.69) is 0 Å². The van der Waals surface area contributed by atoms with Crippen LogP contribution in [0.15, 0.2) is 30.3 Å². The Morgan fingerprint density at radius 1 is 1.37 bits per heavy atom. The minimum absolute atomic E-state index is 0.102. The standard InChI is InChI=1S/C15H22O4/c1-17-14-7-8-15(19-14,9-10-16)12-18-11-13-5-3-2-4-6-13/h2-6,14,16H,7-12H2,1H3/t14-,15+/m0/s1. The van der Waals surface area contributed by atoms with Gasteiger partial charge >= 0.3 is 0 Å². The lowest BCUT2D eigenvalue weighted by molar-refractivity contribution is -0.179. The predicted molar refractivity (Wildman–Crippen MR) is 71.6 cm³/mol. The summed E-state index contributed by atoms with van der Waals surface area (Å²) >= 11 is 0. The predicted octanol–water partition coefficient (Wildman–Crippen LogP) is 2.11. The summed E-state index contributed by atoms with van der Waals surface area (Å²) in [6.45, 7) is 1.16. The van der Waals surface area contributed by atoms with Crippen LogP contribution < -0.4 is 0 Å². The molecule has 0 radical (unpaired) electrons. The second-order valence-electron chi connectivity index (χ2n) is 4.96. The van der Waals surface area contributed by atoms with Gasteiger partial charge in [-0.25, -0.2) is 0 Å². The molecule has 1 aromatic carbocycles. The van der Waals surface area contributed by atoms with Crippen LogP contribution in [0.4, 0.5) is 0 Å². The first-order valence-electron chi connectivity index (χ1n) is 6.71. The van der Waals surface area contributed by atoms with Gasteiger partial charge in [0.15, 0.2) is 6.29 Å². The van der Waals surface area contributed by atoms with Crippen molar-refractivity contribution in [3.05, 3.63) is 35.9 Å². The van der Waals surface area contributed by atoms with E-state index in [1.54, 1.807) is 7.11 Å². The molecule has 0 amide bonds. The molecule has 4 nitrogen and oxygen atoms in total. The van der Waals surface area contributed by atoms with Crippen LogP contribution in [-0.2, 0) is 20.8 Å². The van der Waals surface area contributed by atoms with E-state index in [1.807, 2.05) is 30.3 Å². The Labute approximate surface area is 114 Å². The third kappa shape index (κ3) is 4.01. The Kier molecular flexibility index (Phi) is 5.34. The Balaban J connectivity index is 1.84. The summed E-state index contributed by atoms with van der Waals surface area (Å²) in [6.07, 6.45) is 2.13. The highest BCUT2D eigenvalue weighted by atomic mass is 16.7. The number of aliphatic hydroxyl groups excluding tert-OH is 1. The highest BCUT2D eigenvalue weighted by molar-refractivity contribution is 5.13. The van der Waals surface area contributed by atoms with Crippen molar-refractivity contribution >= 4 is 0 Å². The van der Waals surface area contributed by atoms with Gasteiger partial charge in [0.1, 0.15) is 0 Å². The average molecular weight is 266 g/mol. The summed E-state index contributed by atoms with van der Waals surface area (Å²) in [5.74, 6) is 0. The Bertz CT molecular complexity index is 368. The first kappa shape index (κ1) is 14.5. The zero-order valence-electron chi connectivity index (χ0n) is 11.4. The fourth-order valence-electron chi connectivity index (χ4n) is 2.44. The zero-order valence-corrected chi connectivity index (χ0v) is 11.4. The second-order valence-corrected chi connectivity index (χ2v) is 4.96. The Morgan fingerprint density at radius 3 is 2.79 bits per heavy atom. The van der Waals surface area contributed by atoms with Crippen LogP contribution in [0.2, 0.25) is 0 Å². The van der Waals surface area contributed by atoms with Crippen molar-refractivity contribution in [2.45, 2.75) is 37.8 Å². The molecule has 1 saturated heterocycles. The maximum absolute atomic E-state index is 9.19. The van der Waals surface area contributed by atoms with Gasteiger partial charge in [0.05, 0.1) is 18.8 Å². The molecule has 19 heavy (non-hydrogen) atoms. The topological polar surface area (TPSA) is 47.9 Å². The summed E-state index contributed by atoms with van der Waals surface area (Å²) in [6, 6.07) is 10.0. The Hall–Kier alpha value is -0.940. The van der Waals surface area contributed by atoms with Gasteiger partial charge in [-0.05, 0) is 12.0 Å².